The van der Waals surface area contributed by atoms with Crippen LogP contribution >= 0.6 is 0 Å². The zero-order valence-electron chi connectivity index (χ0n) is 28.1. The monoisotopic (exact) mass is 636 g/mol. The molecule has 0 bridgehead atoms. The van der Waals surface area contributed by atoms with Crippen LogP contribution in [0.4, 0.5) is 4.79 Å². The second-order valence-corrected chi connectivity index (χ2v) is 13.9. The van der Waals surface area contributed by atoms with Crippen molar-refractivity contribution in [1.82, 2.24) is 19.8 Å². The van der Waals surface area contributed by atoms with Gasteiger partial charge in [-0.05, 0) is 108 Å². The quantitative estimate of drug-likeness (QED) is 0.391. The van der Waals surface area contributed by atoms with Crippen LogP contribution in [-0.4, -0.2) is 88.6 Å². The van der Waals surface area contributed by atoms with Crippen molar-refractivity contribution in [2.24, 2.45) is 11.7 Å². The lowest BCUT2D eigenvalue weighted by molar-refractivity contribution is -0.138. The van der Waals surface area contributed by atoms with Gasteiger partial charge in [-0.15, -0.1) is 0 Å². The van der Waals surface area contributed by atoms with Gasteiger partial charge in [0.05, 0.1) is 23.9 Å². The second-order valence-electron chi connectivity index (χ2n) is 13.9. The number of methoxy groups -OCH3 is 1. The number of carbonyl (C=O) groups excluding carboxylic acids is 2. The lowest BCUT2D eigenvalue weighted by Crippen LogP contribution is -2.54. The Morgan fingerprint density at radius 2 is 1.78 bits per heavy atom. The van der Waals surface area contributed by atoms with Gasteiger partial charge in [-0.25, -0.2) is 9.78 Å². The molecular formula is C35H50N5O6-. The van der Waals surface area contributed by atoms with Gasteiger partial charge in [-0.1, -0.05) is 12.1 Å². The number of hydrogen-bond donors (Lipinski definition) is 1. The molecule has 2 aromatic rings. The van der Waals surface area contributed by atoms with E-state index in [1.54, 1.807) is 23.1 Å². The number of pyridine rings is 1. The highest BCUT2D eigenvalue weighted by atomic mass is 16.6. The molecule has 0 spiro atoms. The Balaban J connectivity index is 1.29. The van der Waals surface area contributed by atoms with Crippen LogP contribution in [0.15, 0.2) is 36.5 Å². The molecule has 1 aromatic carbocycles. The number of fused-ring (bicyclic) bond motifs is 1. The van der Waals surface area contributed by atoms with Crippen LogP contribution in [0.1, 0.15) is 83.9 Å². The molecule has 2 fully saturated rings. The highest BCUT2D eigenvalue weighted by molar-refractivity contribution is 5.83. The van der Waals surface area contributed by atoms with Crippen LogP contribution in [0, 0.1) is 11.1 Å². The number of nitrogens with two attached hydrogens (primary N) is 1. The summed E-state index contributed by atoms with van der Waals surface area (Å²) in [5.74, 6) is 0.663. The summed E-state index contributed by atoms with van der Waals surface area (Å²) >= 11 is 0. The van der Waals surface area contributed by atoms with Crippen LogP contribution in [0.5, 0.6) is 5.88 Å². The molecule has 4 heterocycles. The average Bonchev–Trinajstić information content (AvgIpc) is 3.47. The summed E-state index contributed by atoms with van der Waals surface area (Å²) in [6.07, 6.45) is 5.09. The highest BCUT2D eigenvalue weighted by Crippen LogP contribution is 2.41. The number of ether oxygens (including phenoxy) is 3. The summed E-state index contributed by atoms with van der Waals surface area (Å²) in [7, 11) is 1.64. The van der Waals surface area contributed by atoms with E-state index in [1.807, 2.05) is 52.0 Å². The third-order valence-electron chi connectivity index (χ3n) is 9.81. The van der Waals surface area contributed by atoms with Gasteiger partial charge in [0.15, 0.2) is 0 Å². The fourth-order valence-corrected chi connectivity index (χ4v) is 6.86. The molecule has 46 heavy (non-hydrogen) atoms. The maximum absolute atomic E-state index is 13.9. The van der Waals surface area contributed by atoms with E-state index in [1.165, 1.54) is 0 Å². The number of hydroxylamine groups is 2. The third-order valence-corrected chi connectivity index (χ3v) is 9.81. The van der Waals surface area contributed by atoms with Crippen LogP contribution < -0.4 is 10.5 Å². The minimum absolute atomic E-state index is 0.0518. The van der Waals surface area contributed by atoms with Gasteiger partial charge in [0, 0.05) is 50.6 Å². The summed E-state index contributed by atoms with van der Waals surface area (Å²) in [5.41, 5.74) is 9.38. The molecular weight excluding hydrogens is 586 g/mol. The Hall–Kier alpha value is -3.25. The third kappa shape index (κ3) is 7.65. The second kappa shape index (κ2) is 14.3. The van der Waals surface area contributed by atoms with Crippen LogP contribution in [0.25, 0.3) is 11.1 Å². The minimum atomic E-state index is -0.818. The Bertz CT molecular complexity index is 1360. The van der Waals surface area contributed by atoms with Crippen molar-refractivity contribution in [3.8, 4) is 17.0 Å². The summed E-state index contributed by atoms with van der Waals surface area (Å²) in [5, 5.41) is 14.9. The Labute approximate surface area is 272 Å². The van der Waals surface area contributed by atoms with E-state index in [4.69, 9.17) is 19.9 Å². The van der Waals surface area contributed by atoms with Gasteiger partial charge in [0.1, 0.15) is 6.10 Å². The normalized spacial score (nSPS) is 23.4. The molecule has 11 nitrogen and oxygen atoms in total. The fourth-order valence-electron chi connectivity index (χ4n) is 6.86. The van der Waals surface area contributed by atoms with Crippen molar-refractivity contribution in [2.45, 2.75) is 109 Å². The number of nitrogens with zero attached hydrogens (tertiary/aromatic N) is 4. The first-order valence-corrected chi connectivity index (χ1v) is 16.6. The SMILES string of the molecule is COC(C)(C)CC1c2cc(-c3ccc(OC(C)C4CCN(C(=O)OC(C)C)CC4)nc3)ccc2CC(C(=O)N2CCC[C@H]2N)N1[O-]. The lowest BCUT2D eigenvalue weighted by Gasteiger charge is -2.50. The Morgan fingerprint density at radius 3 is 2.39 bits per heavy atom. The van der Waals surface area contributed by atoms with Crippen molar-refractivity contribution < 1.29 is 23.8 Å². The van der Waals surface area contributed by atoms with E-state index in [0.29, 0.717) is 44.3 Å². The number of likely N-dealkylation sites (tertiary alicyclic amines) is 2. The molecule has 5 rings (SSSR count). The predicted molar refractivity (Wildman–Crippen MR) is 176 cm³/mol. The van der Waals surface area contributed by atoms with Gasteiger partial charge >= 0.3 is 6.09 Å². The van der Waals surface area contributed by atoms with Crippen molar-refractivity contribution >= 4 is 12.0 Å². The summed E-state index contributed by atoms with van der Waals surface area (Å²) in [4.78, 5) is 33.8. The first-order valence-electron chi connectivity index (χ1n) is 16.6. The van der Waals surface area contributed by atoms with E-state index >= 15 is 0 Å². The molecule has 11 heteroatoms. The first kappa shape index (κ1) is 34.1. The summed E-state index contributed by atoms with van der Waals surface area (Å²) in [6.45, 7) is 11.6. The van der Waals surface area contributed by atoms with E-state index in [2.05, 4.69) is 18.0 Å². The molecule has 3 aliphatic rings. The molecule has 4 atom stereocenters. The van der Waals surface area contributed by atoms with E-state index in [9.17, 15) is 14.8 Å². The van der Waals surface area contributed by atoms with Crippen LogP contribution in [0.2, 0.25) is 0 Å². The minimum Gasteiger partial charge on any atom is -0.784 e. The number of piperidine rings is 1. The average molecular weight is 637 g/mol. The molecule has 2 saturated heterocycles. The largest absolute Gasteiger partial charge is 0.784 e. The molecule has 3 unspecified atom stereocenters. The number of hydrogen-bond acceptors (Lipinski definition) is 9. The van der Waals surface area contributed by atoms with Crippen molar-refractivity contribution in [3.05, 3.63) is 52.9 Å². The fraction of sp³-hybridized carbons (Fsp3) is 0.629. The van der Waals surface area contributed by atoms with Gasteiger partial charge in [-0.2, -0.15) is 0 Å². The van der Waals surface area contributed by atoms with Gasteiger partial charge in [-0.3, -0.25) is 4.79 Å². The topological polar surface area (TPSA) is 134 Å². The van der Waals surface area contributed by atoms with E-state index in [-0.39, 0.29) is 30.4 Å². The first-order chi connectivity index (χ1) is 21.9. The molecule has 0 aliphatic carbocycles. The van der Waals surface area contributed by atoms with Crippen molar-refractivity contribution in [3.63, 3.8) is 0 Å². The molecule has 0 saturated carbocycles. The maximum atomic E-state index is 13.9. The van der Waals surface area contributed by atoms with Gasteiger partial charge < -0.3 is 40.0 Å². The van der Waals surface area contributed by atoms with Crippen LogP contribution in [-0.2, 0) is 20.7 Å². The Morgan fingerprint density at radius 1 is 1.07 bits per heavy atom. The molecule has 0 radical (unpaired) electrons. The molecule has 3 aliphatic heterocycles. The van der Waals surface area contributed by atoms with Crippen molar-refractivity contribution in [2.75, 3.05) is 26.7 Å². The van der Waals surface area contributed by atoms with Gasteiger partial charge in [0.25, 0.3) is 0 Å². The molecule has 252 valence electrons. The summed E-state index contributed by atoms with van der Waals surface area (Å²) < 4.78 is 17.3. The van der Waals surface area contributed by atoms with E-state index in [0.717, 1.165) is 53.0 Å². The number of amides is 2. The van der Waals surface area contributed by atoms with Gasteiger partial charge in [0.2, 0.25) is 11.8 Å². The molecule has 1 aromatic heterocycles. The zero-order valence-corrected chi connectivity index (χ0v) is 28.1. The Kier molecular flexibility index (Phi) is 10.6. The van der Waals surface area contributed by atoms with Crippen molar-refractivity contribution in [1.29, 1.82) is 0 Å². The highest BCUT2D eigenvalue weighted by Gasteiger charge is 2.39. The predicted octanol–water partition coefficient (Wildman–Crippen LogP) is 5.26. The molecule has 2 amide bonds. The number of aromatic nitrogens is 1. The smallest absolute Gasteiger partial charge is 0.410 e. The zero-order chi connectivity index (χ0) is 33.2. The number of benzene rings is 1. The van der Waals surface area contributed by atoms with E-state index < -0.39 is 17.7 Å². The standard InChI is InChI=1S/C35H50N5O6/c1-22(2)45-34(42)38-16-13-24(14-17-38)23(3)46-32-12-11-27(21-37-32)25-9-10-26-19-29(33(41)39-15-7-8-31(39)36)40(43)30(28(26)18-25)20-35(4,5)44-6/h9-12,18,21-24,29-31H,7-8,13-17,19-20,36H2,1-6H3/q-1/t23?,29?,30?,31-/m0/s1. The number of rotatable bonds is 9. The molecule has 2 N–H and O–H groups in total. The summed E-state index contributed by atoms with van der Waals surface area (Å²) in [6, 6.07) is 8.59. The number of carbonyl (C=O) groups is 2. The lowest BCUT2D eigenvalue weighted by atomic mass is 9.82. The van der Waals surface area contributed by atoms with Crippen LogP contribution in [0.3, 0.4) is 0 Å². The maximum Gasteiger partial charge on any atom is 0.410 e.